The lowest BCUT2D eigenvalue weighted by Gasteiger charge is -2.33. The first-order valence-electron chi connectivity index (χ1n) is 33.5. The number of nitrogens with zero attached hydrogens (tertiary/aromatic N) is 19. The van der Waals surface area contributed by atoms with Crippen LogP contribution in [0.4, 0.5) is 15.4 Å². The van der Waals surface area contributed by atoms with Crippen molar-refractivity contribution in [3.63, 3.8) is 0 Å². The lowest BCUT2D eigenvalue weighted by Crippen LogP contribution is -2.41. The van der Waals surface area contributed by atoms with E-state index in [4.69, 9.17) is 15.2 Å². The zero-order valence-electron chi connectivity index (χ0n) is 58.8. The SMILES string of the molecule is CC(=O)CC(=O)c1cc2c(C)nc(C)cn2n1.CC(C)(C)OC(=O)N1CCC(c2cnc(N)cn2)CC1.Cc1cn2nc(-c3cc(=O)n4cc(C5CCN(C(=O)OC(C)(C)C)CC5)ncc4n3)cc2c(C)n1.Cc1cn2nc(-c3cc(=O)n4cc(C5CCNCC5)ncc4n3)cc2c(C)n1. The van der Waals surface area contributed by atoms with Crippen LogP contribution in [0.3, 0.4) is 0 Å². The third-order valence-electron chi connectivity index (χ3n) is 17.2. The summed E-state index contributed by atoms with van der Waals surface area (Å²) >= 11 is 0. The molecule has 0 aromatic carbocycles. The molecule has 0 spiro atoms. The van der Waals surface area contributed by atoms with Gasteiger partial charge in [0, 0.05) is 68.5 Å². The average molecular weight is 1360 g/mol. The highest BCUT2D eigenvalue weighted by molar-refractivity contribution is 6.06. The Labute approximate surface area is 576 Å². The summed E-state index contributed by atoms with van der Waals surface area (Å²) in [7, 11) is 0. The zero-order valence-corrected chi connectivity index (χ0v) is 58.8. The molecule has 3 saturated heterocycles. The van der Waals surface area contributed by atoms with Crippen molar-refractivity contribution >= 4 is 57.4 Å². The van der Waals surface area contributed by atoms with Crippen molar-refractivity contribution in [1.82, 2.24) is 97.6 Å². The predicted molar refractivity (Wildman–Crippen MR) is 374 cm³/mol. The van der Waals surface area contributed by atoms with Crippen molar-refractivity contribution in [1.29, 1.82) is 0 Å². The Hall–Kier alpha value is -10.8. The quantitative estimate of drug-likeness (QED) is 0.106. The maximum Gasteiger partial charge on any atom is 0.410 e. The Morgan fingerprint density at radius 1 is 0.490 bits per heavy atom. The Kier molecular flexibility index (Phi) is 20.7. The number of amides is 2. The van der Waals surface area contributed by atoms with E-state index < -0.39 is 11.2 Å². The molecule has 2 amide bonds. The molecule has 0 saturated carbocycles. The van der Waals surface area contributed by atoms with Crippen molar-refractivity contribution in [2.75, 3.05) is 45.0 Å². The van der Waals surface area contributed by atoms with Gasteiger partial charge < -0.3 is 30.3 Å². The number of likely N-dealkylation sites (tertiary alicyclic amines) is 2. The molecule has 14 heterocycles. The van der Waals surface area contributed by atoms with Crippen molar-refractivity contribution in [3.8, 4) is 22.8 Å². The van der Waals surface area contributed by atoms with Crippen LogP contribution in [-0.4, -0.2) is 167 Å². The van der Waals surface area contributed by atoms with Crippen LogP contribution in [0.15, 0.2) is 95.7 Å². The molecule has 29 heteroatoms. The number of carbonyl (C=O) groups excluding carboxylic acids is 4. The minimum absolute atomic E-state index is 0.102. The Balaban J connectivity index is 0.000000140. The number of piperidine rings is 3. The Bertz CT molecular complexity index is 5000. The summed E-state index contributed by atoms with van der Waals surface area (Å²) in [5, 5.41) is 16.7. The topological polar surface area (TPSA) is 342 Å². The number of hydrogen-bond donors (Lipinski definition) is 2. The zero-order chi connectivity index (χ0) is 71.5. The fourth-order valence-electron chi connectivity index (χ4n) is 12.4. The molecule has 0 radical (unpaired) electrons. The molecular formula is C71H85N21O8. The van der Waals surface area contributed by atoms with E-state index in [1.165, 1.54) is 23.5 Å². The van der Waals surface area contributed by atoms with E-state index in [0.717, 1.165) is 119 Å². The largest absolute Gasteiger partial charge is 0.444 e. The highest BCUT2D eigenvalue weighted by atomic mass is 16.6. The van der Waals surface area contributed by atoms with Gasteiger partial charge in [0.25, 0.3) is 11.1 Å². The fourth-order valence-corrected chi connectivity index (χ4v) is 12.4. The predicted octanol–water partition coefficient (Wildman–Crippen LogP) is 9.09. The molecule has 29 nitrogen and oxygen atoms in total. The molecule has 522 valence electrons. The fraction of sp³-hybridized carbons (Fsp3) is 0.437. The number of rotatable bonds is 8. The molecule has 11 aromatic rings. The summed E-state index contributed by atoms with van der Waals surface area (Å²) in [5.74, 6) is 0.897. The molecule has 3 fully saturated rings. The summed E-state index contributed by atoms with van der Waals surface area (Å²) in [6.45, 7) is 28.6. The lowest BCUT2D eigenvalue weighted by atomic mass is 9.94. The maximum atomic E-state index is 13.0. The van der Waals surface area contributed by atoms with E-state index in [1.807, 2.05) is 114 Å². The van der Waals surface area contributed by atoms with Gasteiger partial charge in [0.05, 0.1) is 129 Å². The minimum Gasteiger partial charge on any atom is -0.444 e. The van der Waals surface area contributed by atoms with Crippen LogP contribution in [0.1, 0.15) is 173 Å². The van der Waals surface area contributed by atoms with Gasteiger partial charge in [0.2, 0.25) is 0 Å². The molecule has 0 atom stereocenters. The number of aryl methyl sites for hydroxylation is 6. The van der Waals surface area contributed by atoms with E-state index in [9.17, 15) is 28.8 Å². The van der Waals surface area contributed by atoms with Crippen LogP contribution in [0.5, 0.6) is 0 Å². The number of ether oxygens (including phenoxy) is 2. The lowest BCUT2D eigenvalue weighted by molar-refractivity contribution is -0.116. The summed E-state index contributed by atoms with van der Waals surface area (Å²) in [4.78, 5) is 116. The first-order chi connectivity index (χ1) is 47.5. The van der Waals surface area contributed by atoms with Gasteiger partial charge in [-0.3, -0.25) is 57.9 Å². The third kappa shape index (κ3) is 17.0. The highest BCUT2D eigenvalue weighted by Crippen LogP contribution is 2.31. The molecule has 0 unspecified atom stereocenters. The number of aromatic nitrogens is 17. The normalized spacial score (nSPS) is 14.9. The van der Waals surface area contributed by atoms with E-state index in [1.54, 1.807) is 71.0 Å². The monoisotopic (exact) mass is 1360 g/mol. The first kappa shape index (κ1) is 70.5. The van der Waals surface area contributed by atoms with Crippen molar-refractivity contribution < 1.29 is 28.7 Å². The molecule has 100 heavy (non-hydrogen) atoms. The number of ketones is 2. The van der Waals surface area contributed by atoms with Crippen molar-refractivity contribution in [3.05, 3.63) is 164 Å². The number of nitrogens with one attached hydrogen (secondary N) is 1. The summed E-state index contributed by atoms with van der Waals surface area (Å²) in [6.07, 6.45) is 20.4. The number of nitrogen functional groups attached to an aromatic ring is 1. The number of carbonyl (C=O) groups is 4. The van der Waals surface area contributed by atoms with Gasteiger partial charge in [0.1, 0.15) is 39.9 Å². The van der Waals surface area contributed by atoms with Crippen LogP contribution >= 0.6 is 0 Å². The van der Waals surface area contributed by atoms with Crippen LogP contribution in [0.25, 0.3) is 50.6 Å². The molecule has 0 aliphatic carbocycles. The van der Waals surface area contributed by atoms with Crippen LogP contribution in [0, 0.1) is 41.5 Å². The summed E-state index contributed by atoms with van der Waals surface area (Å²) < 4.78 is 19.1. The summed E-state index contributed by atoms with van der Waals surface area (Å²) in [6, 6.07) is 8.51. The minimum atomic E-state index is -0.515. The average Bonchev–Trinajstić information content (AvgIpc) is 1.49. The van der Waals surface area contributed by atoms with Crippen molar-refractivity contribution in [2.45, 2.75) is 164 Å². The van der Waals surface area contributed by atoms with Gasteiger partial charge in [-0.15, -0.1) is 0 Å². The number of fused-ring (bicyclic) bond motifs is 5. The van der Waals surface area contributed by atoms with Gasteiger partial charge in [-0.25, -0.2) is 38.1 Å². The molecule has 0 bridgehead atoms. The first-order valence-corrected chi connectivity index (χ1v) is 33.5. The Morgan fingerprint density at radius 2 is 0.890 bits per heavy atom. The van der Waals surface area contributed by atoms with E-state index in [-0.39, 0.29) is 47.2 Å². The third-order valence-corrected chi connectivity index (χ3v) is 17.2. The van der Waals surface area contributed by atoms with Gasteiger partial charge in [0.15, 0.2) is 17.1 Å². The van der Waals surface area contributed by atoms with Gasteiger partial charge in [-0.2, -0.15) is 15.3 Å². The second-order valence-corrected chi connectivity index (χ2v) is 27.7. The van der Waals surface area contributed by atoms with Crippen molar-refractivity contribution in [2.24, 2.45) is 0 Å². The molecule has 3 aliphatic rings. The standard InChI is InChI=1S/C25H29N7O3.C20H21N7O.C14H22N4O2.C12H13N3O2/c1-15-13-32-21(16(2)27-15)10-19(29-32)18-11-23(33)31-14-20(26-12-22(31)28-18)17-6-8-30(9-7-17)24(34)35-25(3,4)5;1-12-10-27-18(13(2)23-12)7-16(25-27)15-8-20(28)26-11-17(22-9-19(26)24-15)14-3-5-21-6-4-14;1-14(2,3)20-13(19)18-6-4-10(5-7-18)11-8-17-12(15)9-16-11;1-7-6-15-11(9(3)13-7)5-10(14-15)12(17)4-8(2)16/h10-14,17H,6-9H2,1-5H3;7-11,14,21H,3-6H2,1-2H3;8-10H,4-7H2,1-3H3,(H2,15,17);5-6H,4H2,1-3H3. The van der Waals surface area contributed by atoms with E-state index in [2.05, 4.69) is 65.5 Å². The number of nitrogens with two attached hydrogens (primary N) is 1. The maximum absolute atomic E-state index is 13.0. The van der Waals surface area contributed by atoms with Gasteiger partial charge in [-0.05, 0) is 160 Å². The molecule has 3 N–H and O–H groups in total. The number of Topliss-reactive ketones (excluding diaryl/α,β-unsaturated/α-hetero) is 2. The van der Waals surface area contributed by atoms with Crippen LogP contribution < -0.4 is 22.2 Å². The molecular weight excluding hydrogens is 1270 g/mol. The van der Waals surface area contributed by atoms with Crippen LogP contribution in [-0.2, 0) is 14.3 Å². The van der Waals surface area contributed by atoms with E-state index in [0.29, 0.717) is 83.6 Å². The molecule has 11 aromatic heterocycles. The van der Waals surface area contributed by atoms with Crippen LogP contribution in [0.2, 0.25) is 0 Å². The summed E-state index contributed by atoms with van der Waals surface area (Å²) in [5.41, 5.74) is 18.3. The van der Waals surface area contributed by atoms with Gasteiger partial charge in [-0.1, -0.05) is 0 Å². The van der Waals surface area contributed by atoms with E-state index >= 15 is 0 Å². The Morgan fingerprint density at radius 3 is 1.30 bits per heavy atom. The highest BCUT2D eigenvalue weighted by Gasteiger charge is 2.31. The number of hydrogen-bond acceptors (Lipinski definition) is 22. The van der Waals surface area contributed by atoms with Gasteiger partial charge >= 0.3 is 12.2 Å². The number of anilines is 1. The second kappa shape index (κ2) is 29.3. The smallest absolute Gasteiger partial charge is 0.410 e. The second-order valence-electron chi connectivity index (χ2n) is 27.7. The molecule has 3 aliphatic heterocycles. The molecule has 14 rings (SSSR count).